The lowest BCUT2D eigenvalue weighted by molar-refractivity contribution is -0.00461. The van der Waals surface area contributed by atoms with E-state index in [9.17, 15) is 4.79 Å². The van der Waals surface area contributed by atoms with E-state index in [1.807, 2.05) is 32.2 Å². The summed E-state index contributed by atoms with van der Waals surface area (Å²) < 4.78 is 10.7. The number of carbonyl (C=O) groups is 1. The van der Waals surface area contributed by atoms with Gasteiger partial charge in [0.2, 0.25) is 0 Å². The molecule has 1 amide bonds. The number of anilines is 1. The van der Waals surface area contributed by atoms with Gasteiger partial charge in [-0.1, -0.05) is 6.07 Å². The van der Waals surface area contributed by atoms with Gasteiger partial charge < -0.3 is 19.7 Å². The van der Waals surface area contributed by atoms with Gasteiger partial charge in [-0.25, -0.2) is 0 Å². The van der Waals surface area contributed by atoms with E-state index in [0.717, 1.165) is 11.3 Å². The number of nitrogens with zero attached hydrogens (tertiary/aromatic N) is 1. The first-order chi connectivity index (χ1) is 9.60. The third kappa shape index (κ3) is 2.78. The summed E-state index contributed by atoms with van der Waals surface area (Å²) in [5, 5.41) is 3.08. The Labute approximate surface area is 119 Å². The predicted molar refractivity (Wildman–Crippen MR) is 78.2 cm³/mol. The van der Waals surface area contributed by atoms with Crippen LogP contribution in [0.25, 0.3) is 0 Å². The first-order valence-electron chi connectivity index (χ1n) is 6.74. The lowest BCUT2D eigenvalue weighted by atomic mass is 10.1. The van der Waals surface area contributed by atoms with Crippen LogP contribution in [0.1, 0.15) is 15.9 Å². The van der Waals surface area contributed by atoms with E-state index in [1.54, 1.807) is 19.1 Å². The standard InChI is InChI=1S/C15H22N2O3/c1-10-5-6-11(12(7-10)16-2)15(18)17-8-13(19-3)14(9-17)20-4/h5-7,13-14,16H,8-9H2,1-4H3. The van der Waals surface area contributed by atoms with Crippen molar-refractivity contribution in [3.05, 3.63) is 29.3 Å². The molecule has 5 nitrogen and oxygen atoms in total. The molecule has 1 aromatic carbocycles. The summed E-state index contributed by atoms with van der Waals surface area (Å²) in [7, 11) is 5.12. The summed E-state index contributed by atoms with van der Waals surface area (Å²) in [5.41, 5.74) is 2.66. The van der Waals surface area contributed by atoms with Crippen molar-refractivity contribution in [1.29, 1.82) is 0 Å². The third-order valence-corrected chi connectivity index (χ3v) is 3.78. The zero-order chi connectivity index (χ0) is 14.7. The summed E-state index contributed by atoms with van der Waals surface area (Å²) in [5.74, 6) is 0.0101. The lowest BCUT2D eigenvalue weighted by Crippen LogP contribution is -2.30. The predicted octanol–water partition coefficient (Wildman–Crippen LogP) is 1.52. The molecule has 110 valence electrons. The van der Waals surface area contributed by atoms with Crippen molar-refractivity contribution < 1.29 is 14.3 Å². The molecule has 1 heterocycles. The number of likely N-dealkylation sites (tertiary alicyclic amines) is 1. The Hall–Kier alpha value is -1.59. The van der Waals surface area contributed by atoms with Gasteiger partial charge in [-0.3, -0.25) is 4.79 Å². The molecule has 2 rings (SSSR count). The van der Waals surface area contributed by atoms with Gasteiger partial charge >= 0.3 is 0 Å². The number of benzene rings is 1. The van der Waals surface area contributed by atoms with E-state index < -0.39 is 0 Å². The van der Waals surface area contributed by atoms with Crippen LogP contribution < -0.4 is 5.32 Å². The quantitative estimate of drug-likeness (QED) is 0.907. The minimum atomic E-state index is -0.0626. The highest BCUT2D eigenvalue weighted by Gasteiger charge is 2.36. The minimum Gasteiger partial charge on any atom is -0.387 e. The van der Waals surface area contributed by atoms with E-state index in [0.29, 0.717) is 18.7 Å². The van der Waals surface area contributed by atoms with Gasteiger partial charge in [0.15, 0.2) is 0 Å². The molecule has 0 radical (unpaired) electrons. The van der Waals surface area contributed by atoms with Gasteiger partial charge in [0.25, 0.3) is 5.91 Å². The number of aryl methyl sites for hydroxylation is 1. The Bertz CT molecular complexity index is 478. The van der Waals surface area contributed by atoms with E-state index in [4.69, 9.17) is 9.47 Å². The van der Waals surface area contributed by atoms with Crippen molar-refractivity contribution in [3.8, 4) is 0 Å². The van der Waals surface area contributed by atoms with Gasteiger partial charge in [-0.05, 0) is 24.6 Å². The average Bonchev–Trinajstić information content (AvgIpc) is 2.89. The fraction of sp³-hybridized carbons (Fsp3) is 0.533. The first-order valence-corrected chi connectivity index (χ1v) is 6.74. The number of carbonyl (C=O) groups excluding carboxylic acids is 1. The molecule has 0 spiro atoms. The van der Waals surface area contributed by atoms with Crippen molar-refractivity contribution in [1.82, 2.24) is 4.90 Å². The van der Waals surface area contributed by atoms with E-state index in [1.165, 1.54) is 0 Å². The molecule has 1 aliphatic rings. The largest absolute Gasteiger partial charge is 0.387 e. The molecule has 1 aromatic rings. The maximum absolute atomic E-state index is 12.6. The maximum atomic E-state index is 12.6. The fourth-order valence-electron chi connectivity index (χ4n) is 2.58. The minimum absolute atomic E-state index is 0.0101. The average molecular weight is 278 g/mol. The summed E-state index contributed by atoms with van der Waals surface area (Å²) in [6.07, 6.45) is -0.125. The molecular weight excluding hydrogens is 256 g/mol. The zero-order valence-electron chi connectivity index (χ0n) is 12.5. The molecule has 1 fully saturated rings. The van der Waals surface area contributed by atoms with Crippen molar-refractivity contribution >= 4 is 11.6 Å². The van der Waals surface area contributed by atoms with Crippen molar-refractivity contribution in [2.75, 3.05) is 39.7 Å². The molecule has 0 aromatic heterocycles. The molecule has 2 atom stereocenters. The van der Waals surface area contributed by atoms with E-state index in [2.05, 4.69) is 5.32 Å². The van der Waals surface area contributed by atoms with Crippen molar-refractivity contribution in [2.45, 2.75) is 19.1 Å². The summed E-state index contributed by atoms with van der Waals surface area (Å²) in [6.45, 7) is 3.13. The molecule has 1 saturated heterocycles. The maximum Gasteiger partial charge on any atom is 0.256 e. The molecule has 0 aliphatic carbocycles. The number of hydrogen-bond acceptors (Lipinski definition) is 4. The molecule has 5 heteroatoms. The normalized spacial score (nSPS) is 22.1. The van der Waals surface area contributed by atoms with Gasteiger partial charge in [-0.15, -0.1) is 0 Å². The Kier molecular flexibility index (Phi) is 4.62. The van der Waals surface area contributed by atoms with Crippen molar-refractivity contribution in [3.63, 3.8) is 0 Å². The van der Waals surface area contributed by atoms with Crippen LogP contribution in [0.15, 0.2) is 18.2 Å². The summed E-state index contributed by atoms with van der Waals surface area (Å²) in [6, 6.07) is 5.79. The van der Waals surface area contributed by atoms with Crippen LogP contribution in [-0.2, 0) is 9.47 Å². The van der Waals surface area contributed by atoms with Crippen LogP contribution in [-0.4, -0.2) is 57.4 Å². The topological polar surface area (TPSA) is 50.8 Å². The van der Waals surface area contributed by atoms with Crippen LogP contribution in [0.5, 0.6) is 0 Å². The first kappa shape index (κ1) is 14.8. The zero-order valence-corrected chi connectivity index (χ0v) is 12.5. The number of methoxy groups -OCH3 is 2. The highest BCUT2D eigenvalue weighted by atomic mass is 16.5. The molecule has 2 unspecified atom stereocenters. The Morgan fingerprint density at radius 3 is 2.35 bits per heavy atom. The van der Waals surface area contributed by atoms with Gasteiger partial charge in [0.1, 0.15) is 12.2 Å². The number of amides is 1. The lowest BCUT2D eigenvalue weighted by Gasteiger charge is -2.18. The fourth-order valence-corrected chi connectivity index (χ4v) is 2.58. The molecule has 1 aliphatic heterocycles. The van der Waals surface area contributed by atoms with Crippen molar-refractivity contribution in [2.24, 2.45) is 0 Å². The number of ether oxygens (including phenoxy) is 2. The summed E-state index contributed by atoms with van der Waals surface area (Å²) >= 11 is 0. The Balaban J connectivity index is 2.20. The number of nitrogens with one attached hydrogen (secondary N) is 1. The van der Waals surface area contributed by atoms with Crippen LogP contribution >= 0.6 is 0 Å². The molecule has 20 heavy (non-hydrogen) atoms. The van der Waals surface area contributed by atoms with Crippen LogP contribution in [0.4, 0.5) is 5.69 Å². The van der Waals surface area contributed by atoms with Gasteiger partial charge in [-0.2, -0.15) is 0 Å². The van der Waals surface area contributed by atoms with Gasteiger partial charge in [0, 0.05) is 40.0 Å². The second-order valence-electron chi connectivity index (χ2n) is 5.06. The number of hydrogen-bond donors (Lipinski definition) is 1. The summed E-state index contributed by atoms with van der Waals surface area (Å²) in [4.78, 5) is 14.4. The molecule has 0 bridgehead atoms. The van der Waals surface area contributed by atoms with Crippen LogP contribution in [0.3, 0.4) is 0 Å². The second-order valence-corrected chi connectivity index (χ2v) is 5.06. The number of rotatable bonds is 4. The van der Waals surface area contributed by atoms with Crippen LogP contribution in [0.2, 0.25) is 0 Å². The monoisotopic (exact) mass is 278 g/mol. The molecule has 0 saturated carbocycles. The van der Waals surface area contributed by atoms with E-state index >= 15 is 0 Å². The smallest absolute Gasteiger partial charge is 0.256 e. The second kappa shape index (κ2) is 6.24. The molecule has 1 N–H and O–H groups in total. The Morgan fingerprint density at radius 1 is 1.25 bits per heavy atom. The highest BCUT2D eigenvalue weighted by molar-refractivity contribution is 6.00. The van der Waals surface area contributed by atoms with Gasteiger partial charge in [0.05, 0.1) is 5.56 Å². The SMILES string of the molecule is CNc1cc(C)ccc1C(=O)N1CC(OC)C(OC)C1. The van der Waals surface area contributed by atoms with E-state index in [-0.39, 0.29) is 18.1 Å². The van der Waals surface area contributed by atoms with Crippen LogP contribution in [0, 0.1) is 6.92 Å². The Morgan fingerprint density at radius 2 is 1.85 bits per heavy atom. The third-order valence-electron chi connectivity index (χ3n) is 3.78. The molecular formula is C15H22N2O3. The highest BCUT2D eigenvalue weighted by Crippen LogP contribution is 2.23.